The number of carboxylic acid groups (broad SMARTS) is 1. The summed E-state index contributed by atoms with van der Waals surface area (Å²) in [6.07, 6.45) is -0.166. The molecule has 0 bridgehead atoms. The number of hydrogen-bond donors (Lipinski definition) is 4. The second-order valence-corrected chi connectivity index (χ2v) is 8.30. The Hall–Kier alpha value is -3.19. The lowest BCUT2D eigenvalue weighted by molar-refractivity contribution is 0.0690. The van der Waals surface area contributed by atoms with E-state index in [1.54, 1.807) is 18.2 Å². The fourth-order valence-electron chi connectivity index (χ4n) is 3.62. The van der Waals surface area contributed by atoms with Gasteiger partial charge in [0.2, 0.25) is 0 Å². The van der Waals surface area contributed by atoms with Crippen molar-refractivity contribution in [2.45, 2.75) is 38.5 Å². The maximum atomic E-state index is 11.5. The Balaban J connectivity index is 1.66. The summed E-state index contributed by atoms with van der Waals surface area (Å²) < 4.78 is 5.70. The molecule has 2 atom stereocenters. The smallest absolute Gasteiger partial charge is 0.339 e. The van der Waals surface area contributed by atoms with Crippen molar-refractivity contribution >= 4 is 5.97 Å². The van der Waals surface area contributed by atoms with E-state index >= 15 is 0 Å². The number of aromatic carboxylic acids is 1. The molecule has 0 heterocycles. The van der Waals surface area contributed by atoms with Crippen LogP contribution in [0.15, 0.2) is 72.8 Å². The summed E-state index contributed by atoms with van der Waals surface area (Å²) in [5, 5.41) is 32.7. The summed E-state index contributed by atoms with van der Waals surface area (Å²) in [6.45, 7) is 4.02. The predicted octanol–water partition coefficient (Wildman–Crippen LogP) is 4.07. The van der Waals surface area contributed by atoms with Crippen LogP contribution in [0.25, 0.3) is 11.1 Å². The van der Waals surface area contributed by atoms with E-state index in [0.717, 1.165) is 22.3 Å². The predicted molar refractivity (Wildman–Crippen MR) is 129 cm³/mol. The van der Waals surface area contributed by atoms with Crippen LogP contribution in [0.3, 0.4) is 0 Å². The van der Waals surface area contributed by atoms with Crippen molar-refractivity contribution in [3.8, 4) is 16.9 Å². The molecule has 6 nitrogen and oxygen atoms in total. The molecular formula is C27H31NO5. The lowest BCUT2D eigenvalue weighted by atomic mass is 9.99. The molecule has 0 saturated carbocycles. The number of hydrogen-bond acceptors (Lipinski definition) is 5. The van der Waals surface area contributed by atoms with Gasteiger partial charge < -0.3 is 25.4 Å². The Bertz CT molecular complexity index is 1030. The van der Waals surface area contributed by atoms with Gasteiger partial charge in [0.05, 0.1) is 18.8 Å². The highest BCUT2D eigenvalue weighted by Crippen LogP contribution is 2.29. The van der Waals surface area contributed by atoms with Crippen molar-refractivity contribution < 1.29 is 24.9 Å². The van der Waals surface area contributed by atoms with E-state index in [9.17, 15) is 20.1 Å². The summed E-state index contributed by atoms with van der Waals surface area (Å²) in [5.74, 6) is -0.673. The minimum Gasteiger partial charge on any atom is -0.490 e. The number of ether oxygens (including phenoxy) is 1. The van der Waals surface area contributed by atoms with Gasteiger partial charge in [-0.3, -0.25) is 0 Å². The fourth-order valence-corrected chi connectivity index (χ4v) is 3.62. The normalized spacial score (nSPS) is 13.0. The van der Waals surface area contributed by atoms with Crippen LogP contribution in [-0.4, -0.2) is 46.6 Å². The van der Waals surface area contributed by atoms with E-state index in [-0.39, 0.29) is 24.3 Å². The molecule has 6 heteroatoms. The molecule has 0 saturated heterocycles. The summed E-state index contributed by atoms with van der Waals surface area (Å²) >= 11 is 0. The van der Waals surface area contributed by atoms with Crippen LogP contribution >= 0.6 is 0 Å². The number of aliphatic hydroxyl groups is 2. The van der Waals surface area contributed by atoms with Gasteiger partial charge in [-0.05, 0) is 54.7 Å². The number of carboxylic acids is 1. The standard InChI is InChI=1S/C27H31NO5/c1-18(2)33-26-15-22(12-13-24(26)27(31)32)20-10-8-19(9-11-20)14-23(17-29)28-16-25(30)21-6-4-3-5-7-21/h3-13,15,18,23,25,28-30H,14,16-17H2,1-2H3,(H,31,32)/t23-,25+/m0/s1. The zero-order valence-corrected chi connectivity index (χ0v) is 18.9. The molecule has 0 aromatic heterocycles. The molecule has 3 aromatic carbocycles. The molecule has 3 aromatic rings. The van der Waals surface area contributed by atoms with E-state index < -0.39 is 12.1 Å². The third kappa shape index (κ3) is 6.89. The SMILES string of the molecule is CC(C)Oc1cc(-c2ccc(C[C@@H](CO)NC[C@@H](O)c3ccccc3)cc2)ccc1C(=O)O. The van der Waals surface area contributed by atoms with E-state index in [0.29, 0.717) is 18.7 Å². The third-order valence-corrected chi connectivity index (χ3v) is 5.35. The molecule has 174 valence electrons. The second kappa shape index (κ2) is 11.6. The average Bonchev–Trinajstić information content (AvgIpc) is 2.82. The number of aliphatic hydroxyl groups excluding tert-OH is 2. The molecule has 33 heavy (non-hydrogen) atoms. The zero-order chi connectivity index (χ0) is 23.8. The van der Waals surface area contributed by atoms with Gasteiger partial charge in [0, 0.05) is 12.6 Å². The van der Waals surface area contributed by atoms with E-state index in [1.165, 1.54) is 0 Å². The topological polar surface area (TPSA) is 99.0 Å². The first-order valence-corrected chi connectivity index (χ1v) is 11.1. The fraction of sp³-hybridized carbons (Fsp3) is 0.296. The van der Waals surface area contributed by atoms with Gasteiger partial charge in [-0.1, -0.05) is 60.7 Å². The van der Waals surface area contributed by atoms with Gasteiger partial charge in [0.25, 0.3) is 0 Å². The first-order chi connectivity index (χ1) is 15.9. The van der Waals surface area contributed by atoms with Gasteiger partial charge >= 0.3 is 5.97 Å². The Labute approximate surface area is 194 Å². The van der Waals surface area contributed by atoms with Crippen LogP contribution in [0, 0.1) is 0 Å². The summed E-state index contributed by atoms with van der Waals surface area (Å²) in [4.78, 5) is 11.5. The van der Waals surface area contributed by atoms with Crippen molar-refractivity contribution in [3.05, 3.63) is 89.5 Å². The Morgan fingerprint density at radius 3 is 2.24 bits per heavy atom. The highest BCUT2D eigenvalue weighted by atomic mass is 16.5. The lowest BCUT2D eigenvalue weighted by Gasteiger charge is -2.19. The quantitative estimate of drug-likeness (QED) is 0.352. The van der Waals surface area contributed by atoms with Crippen LogP contribution in [0.2, 0.25) is 0 Å². The minimum absolute atomic E-state index is 0.0458. The number of rotatable bonds is 11. The maximum Gasteiger partial charge on any atom is 0.339 e. The van der Waals surface area contributed by atoms with Crippen LogP contribution in [0.1, 0.15) is 41.4 Å². The number of carbonyl (C=O) groups is 1. The van der Waals surface area contributed by atoms with Crippen molar-refractivity contribution in [2.75, 3.05) is 13.2 Å². The van der Waals surface area contributed by atoms with Gasteiger partial charge in [-0.25, -0.2) is 4.79 Å². The summed E-state index contributed by atoms with van der Waals surface area (Å²) in [5.41, 5.74) is 3.82. The molecule has 0 aliphatic rings. The molecule has 0 amide bonds. The van der Waals surface area contributed by atoms with Crippen molar-refractivity contribution in [3.63, 3.8) is 0 Å². The van der Waals surface area contributed by atoms with Gasteiger partial charge in [-0.15, -0.1) is 0 Å². The number of nitrogens with one attached hydrogen (secondary N) is 1. The highest BCUT2D eigenvalue weighted by Gasteiger charge is 2.15. The first kappa shape index (κ1) is 24.5. The Kier molecular flexibility index (Phi) is 8.60. The van der Waals surface area contributed by atoms with Crippen molar-refractivity contribution in [1.29, 1.82) is 0 Å². The molecule has 4 N–H and O–H groups in total. The molecule has 0 fully saturated rings. The molecule has 0 spiro atoms. The van der Waals surface area contributed by atoms with Gasteiger partial charge in [-0.2, -0.15) is 0 Å². The van der Waals surface area contributed by atoms with Crippen molar-refractivity contribution in [1.82, 2.24) is 5.32 Å². The van der Waals surface area contributed by atoms with E-state index in [1.807, 2.05) is 68.4 Å². The van der Waals surface area contributed by atoms with Gasteiger partial charge in [0.1, 0.15) is 11.3 Å². The lowest BCUT2D eigenvalue weighted by Crippen LogP contribution is -2.37. The third-order valence-electron chi connectivity index (χ3n) is 5.35. The number of benzene rings is 3. The molecule has 0 aliphatic carbocycles. The van der Waals surface area contributed by atoms with Crippen LogP contribution in [0.4, 0.5) is 0 Å². The monoisotopic (exact) mass is 449 g/mol. The van der Waals surface area contributed by atoms with Crippen LogP contribution in [0.5, 0.6) is 5.75 Å². The van der Waals surface area contributed by atoms with Crippen LogP contribution < -0.4 is 10.1 Å². The van der Waals surface area contributed by atoms with E-state index in [4.69, 9.17) is 4.74 Å². The van der Waals surface area contributed by atoms with Crippen LogP contribution in [-0.2, 0) is 6.42 Å². The highest BCUT2D eigenvalue weighted by molar-refractivity contribution is 5.92. The Morgan fingerprint density at radius 1 is 0.970 bits per heavy atom. The molecule has 0 unspecified atom stereocenters. The maximum absolute atomic E-state index is 11.5. The second-order valence-electron chi connectivity index (χ2n) is 8.30. The minimum atomic E-state index is -1.02. The summed E-state index contributed by atoms with van der Waals surface area (Å²) in [6, 6.07) is 22.2. The summed E-state index contributed by atoms with van der Waals surface area (Å²) in [7, 11) is 0. The van der Waals surface area contributed by atoms with Gasteiger partial charge in [0.15, 0.2) is 0 Å². The largest absolute Gasteiger partial charge is 0.490 e. The first-order valence-electron chi connectivity index (χ1n) is 11.1. The molecule has 3 rings (SSSR count). The average molecular weight is 450 g/mol. The van der Waals surface area contributed by atoms with Crippen molar-refractivity contribution in [2.24, 2.45) is 0 Å². The van der Waals surface area contributed by atoms with E-state index in [2.05, 4.69) is 5.32 Å². The molecule has 0 radical (unpaired) electrons. The molecular weight excluding hydrogens is 418 g/mol. The molecule has 0 aliphatic heterocycles. The Morgan fingerprint density at radius 2 is 1.64 bits per heavy atom. The zero-order valence-electron chi connectivity index (χ0n) is 18.9.